The first kappa shape index (κ1) is 11.1. The molecule has 2 saturated carbocycles. The molecule has 2 aliphatic carbocycles. The number of Topliss-reactive ketones (excluding diaryl/α,β-unsaturated/α-hetero) is 1. The molecule has 15 heavy (non-hydrogen) atoms. The molecule has 1 N–H and O–H groups in total. The van der Waals surface area contributed by atoms with Crippen molar-refractivity contribution in [1.82, 2.24) is 0 Å². The molecule has 0 heterocycles. The summed E-state index contributed by atoms with van der Waals surface area (Å²) in [6, 6.07) is 0. The second-order valence-electron chi connectivity index (χ2n) is 6.16. The maximum Gasteiger partial charge on any atom is 0.139 e. The Bertz CT molecular complexity index is 282. The van der Waals surface area contributed by atoms with E-state index in [4.69, 9.17) is 0 Å². The van der Waals surface area contributed by atoms with Gasteiger partial charge in [0, 0.05) is 11.8 Å². The second kappa shape index (κ2) is 3.31. The first-order chi connectivity index (χ1) is 6.89. The van der Waals surface area contributed by atoms with Crippen LogP contribution in [0.4, 0.5) is 0 Å². The zero-order chi connectivity index (χ0) is 11.3. The third-order valence-electron chi connectivity index (χ3n) is 5.00. The second-order valence-corrected chi connectivity index (χ2v) is 6.16. The van der Waals surface area contributed by atoms with Crippen LogP contribution in [-0.4, -0.2) is 17.0 Å². The average Bonchev–Trinajstić information content (AvgIpc) is 2.16. The summed E-state index contributed by atoms with van der Waals surface area (Å²) >= 11 is 0. The standard InChI is InChI=1S/C13H22O2/c1-12(2)9-5-4-6-11(15)13(9,3)8-7-10(12)14/h9-10,14H,4-8H2,1-3H3/t9-,10-,13-/m0/s1. The quantitative estimate of drug-likeness (QED) is 0.667. The fourth-order valence-corrected chi connectivity index (χ4v) is 3.81. The zero-order valence-electron chi connectivity index (χ0n) is 10.0. The summed E-state index contributed by atoms with van der Waals surface area (Å²) < 4.78 is 0. The molecule has 0 unspecified atom stereocenters. The number of aliphatic hydroxyl groups is 1. The summed E-state index contributed by atoms with van der Waals surface area (Å²) in [4.78, 5) is 12.1. The van der Waals surface area contributed by atoms with Crippen molar-refractivity contribution in [3.8, 4) is 0 Å². The fourth-order valence-electron chi connectivity index (χ4n) is 3.81. The van der Waals surface area contributed by atoms with E-state index in [-0.39, 0.29) is 16.9 Å². The van der Waals surface area contributed by atoms with E-state index in [1.807, 2.05) is 0 Å². The van der Waals surface area contributed by atoms with Crippen molar-refractivity contribution < 1.29 is 9.90 Å². The van der Waals surface area contributed by atoms with Crippen LogP contribution in [0.2, 0.25) is 0 Å². The Morgan fingerprint density at radius 2 is 1.93 bits per heavy atom. The van der Waals surface area contributed by atoms with Gasteiger partial charge in [0.15, 0.2) is 0 Å². The Morgan fingerprint density at radius 1 is 1.27 bits per heavy atom. The van der Waals surface area contributed by atoms with Gasteiger partial charge in [-0.15, -0.1) is 0 Å². The molecular formula is C13H22O2. The molecule has 2 rings (SSSR count). The van der Waals surface area contributed by atoms with Crippen molar-refractivity contribution in [3.63, 3.8) is 0 Å². The number of hydrogen-bond donors (Lipinski definition) is 1. The van der Waals surface area contributed by atoms with Gasteiger partial charge in [0.25, 0.3) is 0 Å². The lowest BCUT2D eigenvalue weighted by atomic mass is 9.50. The molecule has 2 heteroatoms. The third kappa shape index (κ3) is 1.45. The lowest BCUT2D eigenvalue weighted by molar-refractivity contribution is -0.154. The molecule has 0 aromatic heterocycles. The van der Waals surface area contributed by atoms with Gasteiger partial charge in [-0.25, -0.2) is 0 Å². The van der Waals surface area contributed by atoms with Gasteiger partial charge in [-0.3, -0.25) is 4.79 Å². The highest BCUT2D eigenvalue weighted by atomic mass is 16.3. The number of fused-ring (bicyclic) bond motifs is 1. The van der Waals surface area contributed by atoms with Crippen LogP contribution in [0.15, 0.2) is 0 Å². The van der Waals surface area contributed by atoms with Crippen LogP contribution in [0.25, 0.3) is 0 Å². The molecule has 0 radical (unpaired) electrons. The van der Waals surface area contributed by atoms with Crippen LogP contribution >= 0.6 is 0 Å². The number of rotatable bonds is 0. The van der Waals surface area contributed by atoms with Crippen molar-refractivity contribution in [3.05, 3.63) is 0 Å². The lowest BCUT2D eigenvalue weighted by Gasteiger charge is -2.54. The van der Waals surface area contributed by atoms with E-state index in [1.165, 1.54) is 0 Å². The number of carbonyl (C=O) groups is 1. The van der Waals surface area contributed by atoms with Gasteiger partial charge >= 0.3 is 0 Å². The first-order valence-corrected chi connectivity index (χ1v) is 6.10. The minimum absolute atomic E-state index is 0.0942. The van der Waals surface area contributed by atoms with E-state index in [0.29, 0.717) is 11.7 Å². The van der Waals surface area contributed by atoms with Gasteiger partial charge in [-0.2, -0.15) is 0 Å². The van der Waals surface area contributed by atoms with Crippen LogP contribution in [-0.2, 0) is 4.79 Å². The SMILES string of the molecule is CC1(C)[C@@H](O)CC[C@]2(C)C(=O)CCC[C@@H]12. The van der Waals surface area contributed by atoms with Crippen molar-refractivity contribution in [2.24, 2.45) is 16.7 Å². The van der Waals surface area contributed by atoms with Crippen LogP contribution in [0.3, 0.4) is 0 Å². The summed E-state index contributed by atoms with van der Waals surface area (Å²) in [5.41, 5.74) is -0.246. The van der Waals surface area contributed by atoms with Gasteiger partial charge < -0.3 is 5.11 Å². The van der Waals surface area contributed by atoms with Crippen molar-refractivity contribution in [2.75, 3.05) is 0 Å². The monoisotopic (exact) mass is 210 g/mol. The van der Waals surface area contributed by atoms with E-state index in [9.17, 15) is 9.90 Å². The van der Waals surface area contributed by atoms with Gasteiger partial charge in [0.05, 0.1) is 6.10 Å². The number of aliphatic hydroxyl groups excluding tert-OH is 1. The number of hydrogen-bond acceptors (Lipinski definition) is 2. The normalized spacial score (nSPS) is 44.9. The summed E-state index contributed by atoms with van der Waals surface area (Å²) in [6.07, 6.45) is 4.29. The Balaban J connectivity index is 2.35. The Kier molecular flexibility index (Phi) is 2.45. The van der Waals surface area contributed by atoms with Gasteiger partial charge in [-0.05, 0) is 37.0 Å². The average molecular weight is 210 g/mol. The molecule has 0 aromatic rings. The molecule has 2 aliphatic rings. The van der Waals surface area contributed by atoms with E-state index < -0.39 is 0 Å². The molecule has 2 fully saturated rings. The molecule has 3 atom stereocenters. The Labute approximate surface area is 92.1 Å². The third-order valence-corrected chi connectivity index (χ3v) is 5.00. The van der Waals surface area contributed by atoms with Gasteiger partial charge in [0.2, 0.25) is 0 Å². The molecule has 0 bridgehead atoms. The largest absolute Gasteiger partial charge is 0.393 e. The molecule has 0 saturated heterocycles. The molecule has 86 valence electrons. The highest BCUT2D eigenvalue weighted by Gasteiger charge is 2.54. The number of carbonyl (C=O) groups excluding carboxylic acids is 1. The van der Waals surface area contributed by atoms with Crippen LogP contribution in [0.1, 0.15) is 52.9 Å². The van der Waals surface area contributed by atoms with Crippen molar-refractivity contribution in [1.29, 1.82) is 0 Å². The highest BCUT2D eigenvalue weighted by molar-refractivity contribution is 5.85. The predicted octanol–water partition coefficient (Wildman–Crippen LogP) is 2.54. The maximum atomic E-state index is 12.1. The minimum atomic E-state index is -0.235. The van der Waals surface area contributed by atoms with Crippen molar-refractivity contribution >= 4 is 5.78 Å². The van der Waals surface area contributed by atoms with Crippen molar-refractivity contribution in [2.45, 2.75) is 59.0 Å². The van der Waals surface area contributed by atoms with E-state index in [2.05, 4.69) is 20.8 Å². The fraction of sp³-hybridized carbons (Fsp3) is 0.923. The molecule has 0 aliphatic heterocycles. The Morgan fingerprint density at radius 3 is 2.60 bits per heavy atom. The predicted molar refractivity (Wildman–Crippen MR) is 59.5 cm³/mol. The van der Waals surface area contributed by atoms with Gasteiger partial charge in [-0.1, -0.05) is 20.8 Å². The Hall–Kier alpha value is -0.370. The van der Waals surface area contributed by atoms with Crippen LogP contribution in [0.5, 0.6) is 0 Å². The smallest absolute Gasteiger partial charge is 0.139 e. The molecule has 2 nitrogen and oxygen atoms in total. The van der Waals surface area contributed by atoms with Gasteiger partial charge in [0.1, 0.15) is 5.78 Å². The summed E-state index contributed by atoms with van der Waals surface area (Å²) in [6.45, 7) is 6.36. The summed E-state index contributed by atoms with van der Waals surface area (Å²) in [5.74, 6) is 0.800. The van der Waals surface area contributed by atoms with E-state index in [0.717, 1.165) is 32.1 Å². The maximum absolute atomic E-state index is 12.1. The lowest BCUT2D eigenvalue weighted by Crippen LogP contribution is -2.54. The minimum Gasteiger partial charge on any atom is -0.393 e. The van der Waals surface area contributed by atoms with Crippen LogP contribution in [0, 0.1) is 16.7 Å². The molecule has 0 aromatic carbocycles. The first-order valence-electron chi connectivity index (χ1n) is 6.10. The highest BCUT2D eigenvalue weighted by Crippen LogP contribution is 2.56. The topological polar surface area (TPSA) is 37.3 Å². The molecular weight excluding hydrogens is 188 g/mol. The number of ketones is 1. The zero-order valence-corrected chi connectivity index (χ0v) is 10.0. The van der Waals surface area contributed by atoms with E-state index in [1.54, 1.807) is 0 Å². The van der Waals surface area contributed by atoms with E-state index >= 15 is 0 Å². The molecule has 0 amide bonds. The summed E-state index contributed by atoms with van der Waals surface area (Å²) in [5, 5.41) is 10.1. The van der Waals surface area contributed by atoms with Crippen LogP contribution < -0.4 is 0 Å². The molecule has 0 spiro atoms. The summed E-state index contributed by atoms with van der Waals surface area (Å²) in [7, 11) is 0.